The summed E-state index contributed by atoms with van der Waals surface area (Å²) >= 11 is 7.16. The minimum absolute atomic E-state index is 0.611. The molecule has 1 aromatic heterocycles. The van der Waals surface area contributed by atoms with E-state index in [1.165, 1.54) is 11.5 Å². The van der Waals surface area contributed by atoms with Gasteiger partial charge in [0.05, 0.1) is 13.2 Å². The molecule has 1 aliphatic heterocycles. The van der Waals surface area contributed by atoms with Gasteiger partial charge < -0.3 is 20.2 Å². The number of nitrogens with zero attached hydrogens (tertiary/aromatic N) is 2. The Morgan fingerprint density at radius 2 is 2.19 bits per heavy atom. The Morgan fingerprint density at radius 3 is 2.95 bits per heavy atom. The molecule has 6 nitrogen and oxygen atoms in total. The third-order valence-electron chi connectivity index (χ3n) is 3.08. The summed E-state index contributed by atoms with van der Waals surface area (Å²) in [5.41, 5.74) is 9.74. The van der Waals surface area contributed by atoms with Crippen LogP contribution < -0.4 is 21.0 Å². The fourth-order valence-electron chi connectivity index (χ4n) is 2.10. The fourth-order valence-corrected chi connectivity index (χ4v) is 2.90. The Labute approximate surface area is 131 Å². The molecule has 0 bridgehead atoms. The molecule has 3 N–H and O–H groups in total. The lowest BCUT2D eigenvalue weighted by Gasteiger charge is -2.28. The van der Waals surface area contributed by atoms with Gasteiger partial charge in [0.1, 0.15) is 10.7 Å². The van der Waals surface area contributed by atoms with Crippen LogP contribution in [0.3, 0.4) is 0 Å². The van der Waals surface area contributed by atoms with Crippen molar-refractivity contribution in [1.29, 1.82) is 0 Å². The SMILES string of the molecule is Nc1snc(NOc2cccc(Cl)c2)c1N1CCOCC1. The molecule has 0 amide bonds. The van der Waals surface area contributed by atoms with Crippen molar-refractivity contribution < 1.29 is 9.57 Å². The molecule has 0 saturated carbocycles. The third kappa shape index (κ3) is 3.31. The lowest BCUT2D eigenvalue weighted by atomic mass is 10.3. The van der Waals surface area contributed by atoms with Crippen molar-refractivity contribution in [3.05, 3.63) is 29.3 Å². The predicted octanol–water partition coefficient (Wildman–Crippen LogP) is 2.62. The second-order valence-electron chi connectivity index (χ2n) is 4.50. The maximum Gasteiger partial charge on any atom is 0.198 e. The molecule has 0 unspecified atom stereocenters. The summed E-state index contributed by atoms with van der Waals surface area (Å²) < 4.78 is 9.65. The van der Waals surface area contributed by atoms with Gasteiger partial charge in [-0.25, -0.2) is 5.48 Å². The molecular formula is C13H15ClN4O2S. The molecule has 2 heterocycles. The van der Waals surface area contributed by atoms with E-state index >= 15 is 0 Å². The van der Waals surface area contributed by atoms with Crippen LogP contribution in [-0.4, -0.2) is 30.7 Å². The summed E-state index contributed by atoms with van der Waals surface area (Å²) in [5, 5.41) is 1.27. The van der Waals surface area contributed by atoms with Crippen LogP contribution in [0.5, 0.6) is 5.75 Å². The topological polar surface area (TPSA) is 72.6 Å². The summed E-state index contributed by atoms with van der Waals surface area (Å²) in [6.45, 7) is 2.94. The number of benzene rings is 1. The normalized spacial score (nSPS) is 15.0. The molecular weight excluding hydrogens is 312 g/mol. The Kier molecular flexibility index (Phi) is 4.33. The standard InChI is InChI=1S/C13H15ClN4O2S/c14-9-2-1-3-10(8-9)20-16-13-11(12(15)21-17-13)18-4-6-19-7-5-18/h1-3,8H,4-7,15H2,(H,16,17). The molecule has 1 saturated heterocycles. The Hall–Kier alpha value is -1.70. The summed E-state index contributed by atoms with van der Waals surface area (Å²) in [6, 6.07) is 7.13. The zero-order chi connectivity index (χ0) is 14.7. The van der Waals surface area contributed by atoms with Crippen molar-refractivity contribution in [3.63, 3.8) is 0 Å². The van der Waals surface area contributed by atoms with E-state index in [1.54, 1.807) is 12.1 Å². The first-order valence-electron chi connectivity index (χ1n) is 6.50. The number of hydrogen-bond acceptors (Lipinski definition) is 7. The van der Waals surface area contributed by atoms with Crippen molar-refractivity contribution in [2.75, 3.05) is 42.4 Å². The number of ether oxygens (including phenoxy) is 1. The quantitative estimate of drug-likeness (QED) is 0.841. The first kappa shape index (κ1) is 14.2. The number of nitrogens with one attached hydrogen (secondary N) is 1. The highest BCUT2D eigenvalue weighted by Gasteiger charge is 2.21. The van der Waals surface area contributed by atoms with Gasteiger partial charge in [0, 0.05) is 24.2 Å². The zero-order valence-corrected chi connectivity index (χ0v) is 12.8. The van der Waals surface area contributed by atoms with Crippen molar-refractivity contribution >= 4 is 39.6 Å². The van der Waals surface area contributed by atoms with Gasteiger partial charge in [-0.05, 0) is 23.7 Å². The van der Waals surface area contributed by atoms with Crippen LogP contribution >= 0.6 is 23.1 Å². The second kappa shape index (κ2) is 6.38. The van der Waals surface area contributed by atoms with E-state index in [0.717, 1.165) is 18.8 Å². The van der Waals surface area contributed by atoms with E-state index in [4.69, 9.17) is 26.9 Å². The van der Waals surface area contributed by atoms with E-state index in [-0.39, 0.29) is 0 Å². The smallest absolute Gasteiger partial charge is 0.198 e. The molecule has 1 fully saturated rings. The van der Waals surface area contributed by atoms with Gasteiger partial charge in [-0.1, -0.05) is 17.7 Å². The number of morpholine rings is 1. The van der Waals surface area contributed by atoms with Gasteiger partial charge in [-0.2, -0.15) is 4.37 Å². The fraction of sp³-hybridized carbons (Fsp3) is 0.308. The zero-order valence-electron chi connectivity index (χ0n) is 11.2. The minimum Gasteiger partial charge on any atom is -0.388 e. The van der Waals surface area contributed by atoms with Crippen LogP contribution in [0.4, 0.5) is 16.5 Å². The maximum absolute atomic E-state index is 6.02. The van der Waals surface area contributed by atoms with Crippen molar-refractivity contribution in [2.45, 2.75) is 0 Å². The number of rotatable bonds is 4. The van der Waals surface area contributed by atoms with Crippen molar-refractivity contribution in [2.24, 2.45) is 0 Å². The van der Waals surface area contributed by atoms with Crippen LogP contribution in [0.15, 0.2) is 24.3 Å². The third-order valence-corrected chi connectivity index (χ3v) is 3.98. The van der Waals surface area contributed by atoms with Crippen LogP contribution in [0.1, 0.15) is 0 Å². The lowest BCUT2D eigenvalue weighted by Crippen LogP contribution is -2.36. The Bertz CT molecular complexity index is 616. The van der Waals surface area contributed by atoms with Gasteiger partial charge in [0.15, 0.2) is 11.6 Å². The molecule has 8 heteroatoms. The molecule has 21 heavy (non-hydrogen) atoms. The molecule has 0 spiro atoms. The van der Waals surface area contributed by atoms with Crippen LogP contribution in [-0.2, 0) is 4.74 Å². The molecule has 1 aliphatic rings. The van der Waals surface area contributed by atoms with E-state index < -0.39 is 0 Å². The lowest BCUT2D eigenvalue weighted by molar-refractivity contribution is 0.123. The summed E-state index contributed by atoms with van der Waals surface area (Å²) in [5.74, 6) is 1.22. The van der Waals surface area contributed by atoms with Gasteiger partial charge in [0.2, 0.25) is 0 Å². The van der Waals surface area contributed by atoms with Crippen molar-refractivity contribution in [3.8, 4) is 5.75 Å². The number of nitrogens with two attached hydrogens (primary N) is 1. The van der Waals surface area contributed by atoms with Crippen LogP contribution in [0.2, 0.25) is 5.02 Å². The van der Waals surface area contributed by atoms with Gasteiger partial charge in [0.25, 0.3) is 0 Å². The summed E-state index contributed by atoms with van der Waals surface area (Å²) in [4.78, 5) is 7.66. The average Bonchev–Trinajstić information content (AvgIpc) is 2.87. The highest BCUT2D eigenvalue weighted by atomic mass is 35.5. The van der Waals surface area contributed by atoms with E-state index in [9.17, 15) is 0 Å². The Balaban J connectivity index is 1.73. The van der Waals surface area contributed by atoms with E-state index in [1.807, 2.05) is 12.1 Å². The number of anilines is 3. The Morgan fingerprint density at radius 1 is 1.38 bits per heavy atom. The molecule has 0 atom stereocenters. The second-order valence-corrected chi connectivity index (χ2v) is 5.75. The van der Waals surface area contributed by atoms with E-state index in [0.29, 0.717) is 34.8 Å². The largest absolute Gasteiger partial charge is 0.388 e. The van der Waals surface area contributed by atoms with Gasteiger partial charge in [-0.15, -0.1) is 0 Å². The number of hydrogen-bond donors (Lipinski definition) is 2. The van der Waals surface area contributed by atoms with Gasteiger partial charge >= 0.3 is 0 Å². The molecule has 2 aromatic rings. The summed E-state index contributed by atoms with van der Waals surface area (Å²) in [6.07, 6.45) is 0. The van der Waals surface area contributed by atoms with Gasteiger partial charge in [-0.3, -0.25) is 0 Å². The maximum atomic E-state index is 6.02. The van der Waals surface area contributed by atoms with Crippen molar-refractivity contribution in [1.82, 2.24) is 4.37 Å². The molecule has 0 aliphatic carbocycles. The molecule has 112 valence electrons. The molecule has 1 aromatic carbocycles. The first-order chi connectivity index (χ1) is 10.2. The monoisotopic (exact) mass is 326 g/mol. The highest BCUT2D eigenvalue weighted by Crippen LogP contribution is 2.36. The van der Waals surface area contributed by atoms with Crippen LogP contribution in [0, 0.1) is 0 Å². The minimum atomic E-state index is 0.611. The predicted molar refractivity (Wildman–Crippen MR) is 85.3 cm³/mol. The summed E-state index contributed by atoms with van der Waals surface area (Å²) in [7, 11) is 0. The number of halogens is 1. The van der Waals surface area contributed by atoms with E-state index in [2.05, 4.69) is 14.8 Å². The van der Waals surface area contributed by atoms with Crippen LogP contribution in [0.25, 0.3) is 0 Å². The molecule has 0 radical (unpaired) electrons. The number of aromatic nitrogens is 1. The molecule has 3 rings (SSSR count). The highest BCUT2D eigenvalue weighted by molar-refractivity contribution is 7.11. The first-order valence-corrected chi connectivity index (χ1v) is 7.65. The average molecular weight is 327 g/mol. The number of nitrogen functional groups attached to an aromatic ring is 1.